The Morgan fingerprint density at radius 1 is 0.767 bits per heavy atom. The van der Waals surface area contributed by atoms with Gasteiger partial charge in [-0.15, -0.1) is 11.3 Å². The number of anilines is 5. The third-order valence-corrected chi connectivity index (χ3v) is 16.4. The summed E-state index contributed by atoms with van der Waals surface area (Å²) in [6.45, 7) is 9.89. The van der Waals surface area contributed by atoms with E-state index in [0.29, 0.717) is 73.2 Å². The summed E-state index contributed by atoms with van der Waals surface area (Å²) in [5, 5.41) is 28.7. The molecule has 19 nitrogen and oxygen atoms in total. The highest BCUT2D eigenvalue weighted by Gasteiger charge is 2.44. The number of aliphatic hydroxyl groups excluding tert-OH is 1. The van der Waals surface area contributed by atoms with E-state index in [1.807, 2.05) is 93.9 Å². The van der Waals surface area contributed by atoms with Gasteiger partial charge >= 0.3 is 6.03 Å². The number of aliphatic hydroxyl groups is 1. The van der Waals surface area contributed by atoms with Gasteiger partial charge in [0.15, 0.2) is 11.6 Å². The number of nitrogens with zero attached hydrogens (tertiary/aromatic N) is 6. The molecule has 7 amide bonds. The molecule has 9 rings (SSSR count). The van der Waals surface area contributed by atoms with Gasteiger partial charge in [-0.2, -0.15) is 4.98 Å². The Labute approximate surface area is 508 Å². The first kappa shape index (κ1) is 61.8. The van der Waals surface area contributed by atoms with Crippen LogP contribution in [0.4, 0.5) is 38.0 Å². The number of hydrogen-bond donors (Lipinski definition) is 7. The van der Waals surface area contributed by atoms with Crippen LogP contribution in [0, 0.1) is 18.2 Å². The third kappa shape index (κ3) is 16.5. The summed E-state index contributed by atoms with van der Waals surface area (Å²) >= 11 is 7.74. The number of amides is 7. The maximum absolute atomic E-state index is 14.8. The molecule has 22 heteroatoms. The van der Waals surface area contributed by atoms with Crippen LogP contribution in [0.5, 0.6) is 0 Å². The number of thiazole rings is 1. The molecule has 2 saturated heterocycles. The molecule has 0 unspecified atom stereocenters. The summed E-state index contributed by atoms with van der Waals surface area (Å²) in [5.74, 6) is -2.09. The second kappa shape index (κ2) is 28.4. The number of aromatic nitrogens is 3. The number of para-hydroxylation sites is 1. The quantitative estimate of drug-likeness (QED) is 0.0333. The first-order valence-electron chi connectivity index (χ1n) is 28.6. The minimum Gasteiger partial charge on any atom is -0.391 e. The van der Waals surface area contributed by atoms with Crippen molar-refractivity contribution in [3.63, 3.8) is 0 Å². The van der Waals surface area contributed by atoms with Gasteiger partial charge in [-0.3, -0.25) is 24.0 Å². The number of aryl methyl sites for hydroxylation is 3. The molecule has 3 atom stereocenters. The zero-order chi connectivity index (χ0) is 60.9. The Balaban J connectivity index is 0.649. The van der Waals surface area contributed by atoms with Gasteiger partial charge in [-0.05, 0) is 108 Å². The van der Waals surface area contributed by atoms with Crippen molar-refractivity contribution in [1.82, 2.24) is 45.6 Å². The molecule has 2 fully saturated rings. The van der Waals surface area contributed by atoms with Crippen molar-refractivity contribution in [3.05, 3.63) is 177 Å². The number of benzene rings is 5. The second-order valence-corrected chi connectivity index (χ2v) is 23.8. The van der Waals surface area contributed by atoms with Gasteiger partial charge < -0.3 is 51.7 Å². The largest absolute Gasteiger partial charge is 0.391 e. The first-order valence-corrected chi connectivity index (χ1v) is 29.8. The van der Waals surface area contributed by atoms with Crippen LogP contribution in [-0.4, -0.2) is 128 Å². The predicted molar refractivity (Wildman–Crippen MR) is 331 cm³/mol. The second-order valence-electron chi connectivity index (χ2n) is 22.5. The van der Waals surface area contributed by atoms with Crippen LogP contribution in [0.15, 0.2) is 133 Å². The van der Waals surface area contributed by atoms with Gasteiger partial charge in [0.1, 0.15) is 12.1 Å². The van der Waals surface area contributed by atoms with Crippen molar-refractivity contribution in [3.8, 4) is 10.4 Å². The summed E-state index contributed by atoms with van der Waals surface area (Å²) in [6.07, 6.45) is 2.48. The van der Waals surface area contributed by atoms with Gasteiger partial charge in [0.2, 0.25) is 29.6 Å². The average molecular weight is 1210 g/mol. The number of halogens is 2. The first-order chi connectivity index (χ1) is 41.3. The van der Waals surface area contributed by atoms with E-state index in [1.54, 1.807) is 81.8 Å². The summed E-state index contributed by atoms with van der Waals surface area (Å²) in [4.78, 5) is 98.9. The van der Waals surface area contributed by atoms with Gasteiger partial charge in [0.05, 0.1) is 45.5 Å². The zero-order valence-corrected chi connectivity index (χ0v) is 49.9. The number of hydrogen-bond acceptors (Lipinski definition) is 13. The number of carbonyl (C=O) groups is 6. The van der Waals surface area contributed by atoms with Crippen molar-refractivity contribution in [2.45, 2.75) is 91.0 Å². The van der Waals surface area contributed by atoms with Gasteiger partial charge in [-0.25, -0.2) is 19.2 Å². The topological polar surface area (TPSA) is 243 Å². The molecule has 7 aromatic rings. The molecule has 5 aromatic carbocycles. The maximum Gasteiger partial charge on any atom is 0.317 e. The predicted octanol–water partition coefficient (Wildman–Crippen LogP) is 9.21. The molecule has 0 aliphatic carbocycles. The lowest BCUT2D eigenvalue weighted by atomic mass is 9.85. The van der Waals surface area contributed by atoms with Crippen molar-refractivity contribution in [2.75, 3.05) is 55.2 Å². The fourth-order valence-electron chi connectivity index (χ4n) is 10.1. The van der Waals surface area contributed by atoms with Crippen LogP contribution in [0.1, 0.15) is 78.3 Å². The van der Waals surface area contributed by atoms with E-state index in [2.05, 4.69) is 46.9 Å². The van der Waals surface area contributed by atoms with E-state index in [0.717, 1.165) is 51.0 Å². The van der Waals surface area contributed by atoms with E-state index in [1.165, 1.54) is 4.90 Å². The van der Waals surface area contributed by atoms with Crippen LogP contribution in [0.25, 0.3) is 10.4 Å². The molecule has 0 bridgehead atoms. The van der Waals surface area contributed by atoms with Gasteiger partial charge in [0, 0.05) is 75.6 Å². The smallest absolute Gasteiger partial charge is 0.317 e. The minimum absolute atomic E-state index is 0.0104. The summed E-state index contributed by atoms with van der Waals surface area (Å²) in [7, 11) is 0. The number of urea groups is 1. The van der Waals surface area contributed by atoms with E-state index in [9.17, 15) is 38.3 Å². The normalized spacial score (nSPS) is 15.4. The molecule has 0 spiro atoms. The molecule has 448 valence electrons. The monoisotopic (exact) mass is 1200 g/mol. The van der Waals surface area contributed by atoms with Crippen LogP contribution >= 0.6 is 22.9 Å². The zero-order valence-electron chi connectivity index (χ0n) is 48.4. The number of nitrogens with one attached hydrogen (secondary N) is 6. The Hall–Kier alpha value is -8.79. The van der Waals surface area contributed by atoms with Crippen LogP contribution in [0.2, 0.25) is 5.02 Å². The number of β-amino-alcohol motifs (C(OH)–C–C–N with tert-alkyl or cyclic N) is 1. The van der Waals surface area contributed by atoms with Crippen molar-refractivity contribution in [1.29, 1.82) is 0 Å². The highest BCUT2D eigenvalue weighted by Crippen LogP contribution is 2.30. The average Bonchev–Trinajstić information content (AvgIpc) is 3.72. The van der Waals surface area contributed by atoms with Gasteiger partial charge in [0.25, 0.3) is 5.91 Å². The Morgan fingerprint density at radius 3 is 2.08 bits per heavy atom. The third-order valence-electron chi connectivity index (χ3n) is 15.1. The van der Waals surface area contributed by atoms with E-state index >= 15 is 0 Å². The Bertz CT molecular complexity index is 3520. The summed E-state index contributed by atoms with van der Waals surface area (Å²) in [6, 6.07) is 34.4. The lowest BCUT2D eigenvalue weighted by molar-refractivity contribution is -0.144. The molecule has 2 aliphatic rings. The van der Waals surface area contributed by atoms with E-state index in [-0.39, 0.29) is 73.8 Å². The fourth-order valence-corrected chi connectivity index (χ4v) is 11.1. The lowest BCUT2D eigenvalue weighted by Gasteiger charge is -2.35. The fraction of sp³-hybridized carbons (Fsp3) is 0.328. The van der Waals surface area contributed by atoms with E-state index in [4.69, 9.17) is 11.6 Å². The molecule has 86 heavy (non-hydrogen) atoms. The van der Waals surface area contributed by atoms with Crippen molar-refractivity contribution >= 4 is 87.3 Å². The van der Waals surface area contributed by atoms with Gasteiger partial charge in [-0.1, -0.05) is 105 Å². The summed E-state index contributed by atoms with van der Waals surface area (Å²) in [5.41, 5.74) is 8.84. The highest BCUT2D eigenvalue weighted by molar-refractivity contribution is 7.13. The Morgan fingerprint density at radius 2 is 1.41 bits per heavy atom. The highest BCUT2D eigenvalue weighted by atomic mass is 35.5. The molecule has 4 heterocycles. The van der Waals surface area contributed by atoms with Crippen LogP contribution < -0.4 is 31.9 Å². The van der Waals surface area contributed by atoms with Crippen LogP contribution in [0.3, 0.4) is 0 Å². The number of carbonyl (C=O) groups excluding carboxylic acids is 6. The van der Waals surface area contributed by atoms with Crippen molar-refractivity contribution in [2.24, 2.45) is 5.41 Å². The molecule has 0 saturated carbocycles. The van der Waals surface area contributed by atoms with Crippen molar-refractivity contribution < 1.29 is 38.3 Å². The van der Waals surface area contributed by atoms with Crippen LogP contribution in [-0.2, 0) is 45.0 Å². The molecule has 2 aromatic heterocycles. The number of rotatable bonds is 21. The summed E-state index contributed by atoms with van der Waals surface area (Å²) < 4.78 is 14.8. The molecule has 2 aliphatic heterocycles. The molecular weight excluding hydrogens is 1140 g/mol. The molecule has 7 N–H and O–H groups in total. The SMILES string of the molecule is Cc1ncsc1-c1ccc(CNC(=O)[C@@H]2C[C@@H](O)CN2C(=O)[C@@H](NC(=O)CCc2ccc(CCCNC(=O)N3CCN(C(=O)Cc4ccc(Nc5ncc(F)c(Nc6ccc(C(=O)Nc7ccccc7Cl)cc6)n5)cc4)CC3)cc2)C(C)(C)C)cc1. The van der Waals surface area contributed by atoms with E-state index < -0.39 is 35.3 Å². The number of likely N-dealkylation sites (tertiary alicyclic amines) is 1. The molecular formula is C64H70ClFN12O7S. The standard InChI is InChI=1S/C64H70ClFN12O7S/c1-40-56(86-39-70-40)45-20-15-44(16-21-45)36-68-60(83)53-35-49(79)38-78(53)61(84)57(64(2,3)4)74-54(80)28-19-42-13-11-41(12-14-42)8-7-29-67-63(85)77-32-30-76(31-33-77)55(81)34-43-17-24-48(25-18-43)72-62-69-37-51(66)58(75-62)71-47-26-22-46(23-27-47)59(82)73-52-10-6-5-9-50(52)65/h5-6,9-18,20-27,37,39,49,53,57,79H,7-8,19,28-36,38H2,1-4H3,(H,67,85)(H,68,83)(H,73,82)(H,74,80)(H2,69,71,72,75)/t49-,53+,57-/m1/s1. The molecule has 0 radical (unpaired) electrons. The number of piperazine rings is 1. The maximum atomic E-state index is 14.8. The Kier molecular flexibility index (Phi) is 20.4. The minimum atomic E-state index is -0.929. The lowest BCUT2D eigenvalue weighted by Crippen LogP contribution is -2.57.